The highest BCUT2D eigenvalue weighted by atomic mass is 16.4. The van der Waals surface area contributed by atoms with Crippen LogP contribution in [0.5, 0.6) is 5.75 Å². The molecule has 0 radical (unpaired) electrons. The lowest BCUT2D eigenvalue weighted by Gasteiger charge is -1.99. The molecule has 0 aliphatic rings. The number of carbonyl (C=O) groups excluding carboxylic acids is 1. The molecule has 0 saturated heterocycles. The van der Waals surface area contributed by atoms with Crippen molar-refractivity contribution in [1.29, 1.82) is 0 Å². The molecule has 1 aromatic carbocycles. The van der Waals surface area contributed by atoms with Crippen molar-refractivity contribution in [3.05, 3.63) is 30.0 Å². The number of aromatic amines is 1. The van der Waals surface area contributed by atoms with Crippen molar-refractivity contribution in [3.8, 4) is 5.75 Å². The maximum absolute atomic E-state index is 11.8. The Morgan fingerprint density at radius 3 is 2.71 bits per heavy atom. The standard InChI is InChI=1S/C12H11NO4/c14-9(4-5-11(16)17)7-6-13-8-2-1-3-10(15)12(7)8/h1-3,6,13,15H,4-5H2,(H,16,17). The van der Waals surface area contributed by atoms with E-state index < -0.39 is 5.97 Å². The van der Waals surface area contributed by atoms with Crippen molar-refractivity contribution in [2.45, 2.75) is 12.8 Å². The number of rotatable bonds is 4. The molecule has 1 aromatic heterocycles. The largest absolute Gasteiger partial charge is 0.507 e. The zero-order chi connectivity index (χ0) is 12.4. The number of phenolic OH excluding ortho intramolecular Hbond substituents is 1. The number of hydrogen-bond acceptors (Lipinski definition) is 3. The summed E-state index contributed by atoms with van der Waals surface area (Å²) in [4.78, 5) is 25.0. The number of carboxylic acid groups (broad SMARTS) is 1. The number of aromatic hydroxyl groups is 1. The molecule has 2 aromatic rings. The first kappa shape index (κ1) is 11.2. The molecule has 0 atom stereocenters. The molecule has 3 N–H and O–H groups in total. The van der Waals surface area contributed by atoms with E-state index in [2.05, 4.69) is 4.98 Å². The highest BCUT2D eigenvalue weighted by molar-refractivity contribution is 6.10. The molecular weight excluding hydrogens is 222 g/mol. The summed E-state index contributed by atoms with van der Waals surface area (Å²) in [5, 5.41) is 18.6. The highest BCUT2D eigenvalue weighted by Gasteiger charge is 2.15. The Kier molecular flexibility index (Phi) is 2.82. The van der Waals surface area contributed by atoms with Crippen molar-refractivity contribution in [1.82, 2.24) is 4.98 Å². The molecular formula is C12H11NO4. The number of Topliss-reactive ketones (excluding diaryl/α,β-unsaturated/α-hetero) is 1. The molecule has 0 bridgehead atoms. The summed E-state index contributed by atoms with van der Waals surface area (Å²) in [6.07, 6.45) is 1.21. The van der Waals surface area contributed by atoms with Crippen LogP contribution in [0, 0.1) is 0 Å². The molecule has 0 amide bonds. The number of hydrogen-bond donors (Lipinski definition) is 3. The molecule has 0 fully saturated rings. The van der Waals surface area contributed by atoms with E-state index in [1.54, 1.807) is 12.1 Å². The van der Waals surface area contributed by atoms with Crippen molar-refractivity contribution < 1.29 is 19.8 Å². The number of aliphatic carboxylic acids is 1. The van der Waals surface area contributed by atoms with Gasteiger partial charge in [-0.15, -0.1) is 0 Å². The van der Waals surface area contributed by atoms with Crippen molar-refractivity contribution in [2.75, 3.05) is 0 Å². The number of phenols is 1. The minimum Gasteiger partial charge on any atom is -0.507 e. The Balaban J connectivity index is 2.36. The van der Waals surface area contributed by atoms with E-state index in [-0.39, 0.29) is 24.4 Å². The van der Waals surface area contributed by atoms with Gasteiger partial charge in [-0.05, 0) is 12.1 Å². The molecule has 5 heteroatoms. The Bertz CT molecular complexity index is 585. The van der Waals surface area contributed by atoms with Crippen LogP contribution < -0.4 is 0 Å². The predicted molar refractivity (Wildman–Crippen MR) is 61.2 cm³/mol. The van der Waals surface area contributed by atoms with Crippen LogP contribution in [0.1, 0.15) is 23.2 Å². The SMILES string of the molecule is O=C(O)CCC(=O)c1c[nH]c2cccc(O)c12. The number of carboxylic acids is 1. The summed E-state index contributed by atoms with van der Waals surface area (Å²) in [6, 6.07) is 4.90. The van der Waals surface area contributed by atoms with E-state index in [4.69, 9.17) is 5.11 Å². The fourth-order valence-corrected chi connectivity index (χ4v) is 1.74. The summed E-state index contributed by atoms with van der Waals surface area (Å²) >= 11 is 0. The van der Waals surface area contributed by atoms with Gasteiger partial charge in [0.15, 0.2) is 5.78 Å². The first-order valence-electron chi connectivity index (χ1n) is 5.13. The normalized spacial score (nSPS) is 10.6. The quantitative estimate of drug-likeness (QED) is 0.703. The first-order chi connectivity index (χ1) is 8.09. The number of H-pyrrole nitrogens is 1. The van der Waals surface area contributed by atoms with E-state index in [9.17, 15) is 14.7 Å². The summed E-state index contributed by atoms with van der Waals surface area (Å²) in [6.45, 7) is 0. The molecule has 1 heterocycles. The zero-order valence-corrected chi connectivity index (χ0v) is 8.93. The zero-order valence-electron chi connectivity index (χ0n) is 8.93. The summed E-state index contributed by atoms with van der Waals surface area (Å²) in [5.41, 5.74) is 0.989. The van der Waals surface area contributed by atoms with E-state index >= 15 is 0 Å². The van der Waals surface area contributed by atoms with Gasteiger partial charge in [-0.2, -0.15) is 0 Å². The minimum absolute atomic E-state index is 0.0161. The van der Waals surface area contributed by atoms with Gasteiger partial charge in [-0.1, -0.05) is 6.07 Å². The summed E-state index contributed by atoms with van der Waals surface area (Å²) in [5.74, 6) is -1.29. The van der Waals surface area contributed by atoms with Crippen LogP contribution in [-0.2, 0) is 4.79 Å². The third-order valence-electron chi connectivity index (χ3n) is 2.55. The average Bonchev–Trinajstić information content (AvgIpc) is 2.71. The second-order valence-electron chi connectivity index (χ2n) is 3.72. The topological polar surface area (TPSA) is 90.4 Å². The van der Waals surface area contributed by atoms with Crippen LogP contribution in [0.2, 0.25) is 0 Å². The Morgan fingerprint density at radius 2 is 2.00 bits per heavy atom. The number of benzene rings is 1. The van der Waals surface area contributed by atoms with E-state index in [1.165, 1.54) is 12.3 Å². The van der Waals surface area contributed by atoms with Gasteiger partial charge in [0.25, 0.3) is 0 Å². The first-order valence-corrected chi connectivity index (χ1v) is 5.13. The Hall–Kier alpha value is -2.30. The smallest absolute Gasteiger partial charge is 0.303 e. The molecule has 2 rings (SSSR count). The number of aromatic nitrogens is 1. The Morgan fingerprint density at radius 1 is 1.24 bits per heavy atom. The maximum Gasteiger partial charge on any atom is 0.303 e. The van der Waals surface area contributed by atoms with Crippen LogP contribution in [0.3, 0.4) is 0 Å². The Labute approximate surface area is 96.7 Å². The van der Waals surface area contributed by atoms with Crippen molar-refractivity contribution in [3.63, 3.8) is 0 Å². The van der Waals surface area contributed by atoms with Crippen LogP contribution in [-0.4, -0.2) is 26.9 Å². The van der Waals surface area contributed by atoms with Crippen LogP contribution in [0.15, 0.2) is 24.4 Å². The lowest BCUT2D eigenvalue weighted by atomic mass is 10.1. The average molecular weight is 233 g/mol. The molecule has 0 aliphatic carbocycles. The minimum atomic E-state index is -1.01. The third-order valence-corrected chi connectivity index (χ3v) is 2.55. The van der Waals surface area contributed by atoms with Crippen molar-refractivity contribution in [2.24, 2.45) is 0 Å². The van der Waals surface area contributed by atoms with Crippen molar-refractivity contribution >= 4 is 22.7 Å². The number of fused-ring (bicyclic) bond motifs is 1. The van der Waals surface area contributed by atoms with Gasteiger partial charge in [0.05, 0.1) is 11.8 Å². The molecule has 0 spiro atoms. The highest BCUT2D eigenvalue weighted by Crippen LogP contribution is 2.28. The fraction of sp³-hybridized carbons (Fsp3) is 0.167. The lowest BCUT2D eigenvalue weighted by molar-refractivity contribution is -0.136. The van der Waals surface area contributed by atoms with Crippen LogP contribution in [0.4, 0.5) is 0 Å². The van der Waals surface area contributed by atoms with Gasteiger partial charge in [0, 0.05) is 23.7 Å². The third kappa shape index (κ3) is 2.13. The fourth-order valence-electron chi connectivity index (χ4n) is 1.74. The summed E-state index contributed by atoms with van der Waals surface area (Å²) < 4.78 is 0. The number of ketones is 1. The van der Waals surface area contributed by atoms with Gasteiger partial charge in [-0.25, -0.2) is 0 Å². The summed E-state index contributed by atoms with van der Waals surface area (Å²) in [7, 11) is 0. The maximum atomic E-state index is 11.8. The van der Waals surface area contributed by atoms with Gasteiger partial charge >= 0.3 is 5.97 Å². The number of nitrogens with one attached hydrogen (secondary N) is 1. The second-order valence-corrected chi connectivity index (χ2v) is 3.72. The molecule has 88 valence electrons. The molecule has 0 unspecified atom stereocenters. The lowest BCUT2D eigenvalue weighted by Crippen LogP contribution is -2.03. The van der Waals surface area contributed by atoms with Crippen LogP contribution >= 0.6 is 0 Å². The molecule has 5 nitrogen and oxygen atoms in total. The van der Waals surface area contributed by atoms with Gasteiger partial charge < -0.3 is 15.2 Å². The van der Waals surface area contributed by atoms with E-state index in [1.807, 2.05) is 0 Å². The molecule has 17 heavy (non-hydrogen) atoms. The van der Waals surface area contributed by atoms with Gasteiger partial charge in [0.2, 0.25) is 0 Å². The van der Waals surface area contributed by atoms with Gasteiger partial charge in [-0.3, -0.25) is 9.59 Å². The number of carbonyl (C=O) groups is 2. The van der Waals surface area contributed by atoms with Gasteiger partial charge in [0.1, 0.15) is 5.75 Å². The second kappa shape index (κ2) is 4.29. The monoisotopic (exact) mass is 233 g/mol. The van der Waals surface area contributed by atoms with E-state index in [0.29, 0.717) is 16.5 Å². The molecule has 0 saturated carbocycles. The van der Waals surface area contributed by atoms with E-state index in [0.717, 1.165) is 0 Å². The molecule has 0 aliphatic heterocycles. The predicted octanol–water partition coefficient (Wildman–Crippen LogP) is 1.92. The van der Waals surface area contributed by atoms with Crippen LogP contribution in [0.25, 0.3) is 10.9 Å².